The Hall–Kier alpha value is -1.39. The van der Waals surface area contributed by atoms with Crippen LogP contribution in [0.3, 0.4) is 0 Å². The van der Waals surface area contributed by atoms with Gasteiger partial charge in [-0.25, -0.2) is 0 Å². The molecular formula is C15H24N2O2. The lowest BCUT2D eigenvalue weighted by molar-refractivity contribution is -0.117. The Morgan fingerprint density at radius 2 is 2.11 bits per heavy atom. The number of nitrogens with one attached hydrogen (secondary N) is 2. The summed E-state index contributed by atoms with van der Waals surface area (Å²) < 4.78 is 5.03. The Morgan fingerprint density at radius 1 is 1.37 bits per heavy atom. The van der Waals surface area contributed by atoms with Crippen molar-refractivity contribution >= 4 is 11.6 Å². The Labute approximate surface area is 115 Å². The van der Waals surface area contributed by atoms with Crippen molar-refractivity contribution in [1.82, 2.24) is 5.32 Å². The zero-order valence-electron chi connectivity index (χ0n) is 12.2. The number of hydrogen-bond donors (Lipinski definition) is 2. The highest BCUT2D eigenvalue weighted by molar-refractivity contribution is 5.90. The molecule has 0 aliphatic heterocycles. The van der Waals surface area contributed by atoms with Crippen molar-refractivity contribution in [2.24, 2.45) is 5.92 Å². The van der Waals surface area contributed by atoms with Crippen LogP contribution in [-0.4, -0.2) is 26.7 Å². The summed E-state index contributed by atoms with van der Waals surface area (Å²) in [5.41, 5.74) is 2.00. The molecule has 0 saturated carbocycles. The molecule has 0 bridgehead atoms. The van der Waals surface area contributed by atoms with Crippen molar-refractivity contribution in [3.8, 4) is 0 Å². The molecule has 0 heterocycles. The van der Waals surface area contributed by atoms with Crippen LogP contribution in [0.1, 0.15) is 31.9 Å². The number of carbonyl (C=O) groups excluding carboxylic acids is 1. The number of ether oxygens (including phenoxy) is 1. The van der Waals surface area contributed by atoms with Crippen LogP contribution >= 0.6 is 0 Å². The minimum atomic E-state index is 0.0267. The first-order valence-electron chi connectivity index (χ1n) is 6.62. The zero-order valence-corrected chi connectivity index (χ0v) is 12.2. The number of rotatable bonds is 7. The second-order valence-corrected chi connectivity index (χ2v) is 4.95. The van der Waals surface area contributed by atoms with Crippen molar-refractivity contribution in [2.45, 2.75) is 26.3 Å². The van der Waals surface area contributed by atoms with E-state index in [0.717, 1.165) is 11.3 Å². The van der Waals surface area contributed by atoms with Gasteiger partial charge in [-0.15, -0.1) is 0 Å². The van der Waals surface area contributed by atoms with Crippen molar-refractivity contribution in [3.05, 3.63) is 29.8 Å². The van der Waals surface area contributed by atoms with Gasteiger partial charge in [-0.1, -0.05) is 19.1 Å². The number of benzene rings is 1. The largest absolute Gasteiger partial charge is 0.384 e. The maximum atomic E-state index is 11.9. The van der Waals surface area contributed by atoms with Crippen molar-refractivity contribution in [3.63, 3.8) is 0 Å². The Balaban J connectivity index is 2.59. The van der Waals surface area contributed by atoms with Gasteiger partial charge in [0.25, 0.3) is 0 Å². The van der Waals surface area contributed by atoms with Gasteiger partial charge in [-0.05, 0) is 37.6 Å². The first-order chi connectivity index (χ1) is 9.06. The molecule has 0 radical (unpaired) electrons. The standard InChI is InChI=1S/C15H24N2O2/c1-11(10-19-4)8-15(18)17-14-7-5-6-13(9-14)12(2)16-3/h5-7,9,11-12,16H,8,10H2,1-4H3,(H,17,18). The highest BCUT2D eigenvalue weighted by Gasteiger charge is 2.10. The van der Waals surface area contributed by atoms with E-state index >= 15 is 0 Å². The van der Waals surface area contributed by atoms with Crippen LogP contribution < -0.4 is 10.6 Å². The predicted octanol–water partition coefficient (Wildman–Crippen LogP) is 2.58. The van der Waals surface area contributed by atoms with E-state index in [-0.39, 0.29) is 17.9 Å². The van der Waals surface area contributed by atoms with Gasteiger partial charge in [-0.3, -0.25) is 4.79 Å². The Kier molecular flexibility index (Phi) is 6.53. The van der Waals surface area contributed by atoms with Gasteiger partial charge < -0.3 is 15.4 Å². The quantitative estimate of drug-likeness (QED) is 0.796. The van der Waals surface area contributed by atoms with Crippen molar-refractivity contribution < 1.29 is 9.53 Å². The molecule has 0 fully saturated rings. The van der Waals surface area contributed by atoms with Crippen LogP contribution in [0.2, 0.25) is 0 Å². The van der Waals surface area contributed by atoms with Gasteiger partial charge >= 0.3 is 0 Å². The molecule has 4 nitrogen and oxygen atoms in total. The molecule has 4 heteroatoms. The highest BCUT2D eigenvalue weighted by atomic mass is 16.5. The summed E-state index contributed by atoms with van der Waals surface area (Å²) in [7, 11) is 3.57. The fourth-order valence-corrected chi connectivity index (χ4v) is 1.92. The summed E-state index contributed by atoms with van der Waals surface area (Å²) in [6.45, 7) is 4.69. The lowest BCUT2D eigenvalue weighted by atomic mass is 10.1. The summed E-state index contributed by atoms with van der Waals surface area (Å²) in [6.07, 6.45) is 0.472. The third kappa shape index (κ3) is 5.41. The predicted molar refractivity (Wildman–Crippen MR) is 78.2 cm³/mol. The normalized spacial score (nSPS) is 13.9. The second-order valence-electron chi connectivity index (χ2n) is 4.95. The molecule has 0 saturated heterocycles. The molecule has 0 aromatic heterocycles. The van der Waals surface area contributed by atoms with Gasteiger partial charge in [0.1, 0.15) is 0 Å². The van der Waals surface area contributed by atoms with E-state index in [2.05, 4.69) is 17.6 Å². The van der Waals surface area contributed by atoms with Crippen LogP contribution in [0.25, 0.3) is 0 Å². The molecule has 1 amide bonds. The van der Waals surface area contributed by atoms with Crippen LogP contribution in [0.4, 0.5) is 5.69 Å². The number of anilines is 1. The van der Waals surface area contributed by atoms with Crippen LogP contribution in [0.5, 0.6) is 0 Å². The maximum Gasteiger partial charge on any atom is 0.224 e. The Morgan fingerprint density at radius 3 is 2.74 bits per heavy atom. The maximum absolute atomic E-state index is 11.9. The van der Waals surface area contributed by atoms with E-state index < -0.39 is 0 Å². The third-order valence-corrected chi connectivity index (χ3v) is 3.09. The molecule has 0 aliphatic carbocycles. The number of carbonyl (C=O) groups is 1. The van der Waals surface area contributed by atoms with Crippen LogP contribution in [0, 0.1) is 5.92 Å². The summed E-state index contributed by atoms with van der Waals surface area (Å²) in [6, 6.07) is 8.18. The van der Waals surface area contributed by atoms with E-state index in [1.165, 1.54) is 0 Å². The average molecular weight is 264 g/mol. The first kappa shape index (κ1) is 15.7. The zero-order chi connectivity index (χ0) is 14.3. The molecular weight excluding hydrogens is 240 g/mol. The average Bonchev–Trinajstić information content (AvgIpc) is 2.38. The SMILES string of the molecule is CNC(C)c1cccc(NC(=O)CC(C)COC)c1. The Bertz CT molecular complexity index is 407. The van der Waals surface area contributed by atoms with Gasteiger partial charge in [0, 0.05) is 31.9 Å². The van der Waals surface area contributed by atoms with Crippen molar-refractivity contribution in [1.29, 1.82) is 0 Å². The summed E-state index contributed by atoms with van der Waals surface area (Å²) in [4.78, 5) is 11.9. The van der Waals surface area contributed by atoms with E-state index in [1.54, 1.807) is 7.11 Å². The molecule has 0 spiro atoms. The molecule has 1 aromatic carbocycles. The number of amides is 1. The molecule has 19 heavy (non-hydrogen) atoms. The number of methoxy groups -OCH3 is 1. The van der Waals surface area contributed by atoms with Gasteiger partial charge in [0.05, 0.1) is 0 Å². The minimum Gasteiger partial charge on any atom is -0.384 e. The smallest absolute Gasteiger partial charge is 0.224 e. The fraction of sp³-hybridized carbons (Fsp3) is 0.533. The van der Waals surface area contributed by atoms with E-state index in [9.17, 15) is 4.79 Å². The van der Waals surface area contributed by atoms with E-state index in [0.29, 0.717) is 13.0 Å². The van der Waals surface area contributed by atoms with E-state index in [1.807, 2.05) is 38.2 Å². The summed E-state index contributed by atoms with van der Waals surface area (Å²) >= 11 is 0. The molecule has 2 unspecified atom stereocenters. The van der Waals surface area contributed by atoms with Gasteiger partial charge in [0.15, 0.2) is 0 Å². The molecule has 106 valence electrons. The summed E-state index contributed by atoms with van der Waals surface area (Å²) in [5, 5.41) is 6.11. The second kappa shape index (κ2) is 7.92. The minimum absolute atomic E-state index is 0.0267. The molecule has 1 aromatic rings. The lowest BCUT2D eigenvalue weighted by Gasteiger charge is -2.14. The van der Waals surface area contributed by atoms with Gasteiger partial charge in [-0.2, -0.15) is 0 Å². The molecule has 2 N–H and O–H groups in total. The fourth-order valence-electron chi connectivity index (χ4n) is 1.92. The lowest BCUT2D eigenvalue weighted by Crippen LogP contribution is -2.18. The monoisotopic (exact) mass is 264 g/mol. The topological polar surface area (TPSA) is 50.4 Å². The number of hydrogen-bond acceptors (Lipinski definition) is 3. The third-order valence-electron chi connectivity index (χ3n) is 3.09. The highest BCUT2D eigenvalue weighted by Crippen LogP contribution is 2.17. The van der Waals surface area contributed by atoms with Crippen LogP contribution in [-0.2, 0) is 9.53 Å². The van der Waals surface area contributed by atoms with E-state index in [4.69, 9.17) is 4.74 Å². The molecule has 2 atom stereocenters. The van der Waals surface area contributed by atoms with Crippen molar-refractivity contribution in [2.75, 3.05) is 26.1 Å². The van der Waals surface area contributed by atoms with Crippen LogP contribution in [0.15, 0.2) is 24.3 Å². The molecule has 1 rings (SSSR count). The summed E-state index contributed by atoms with van der Waals surface area (Å²) in [5.74, 6) is 0.253. The van der Waals surface area contributed by atoms with Gasteiger partial charge in [0.2, 0.25) is 5.91 Å². The first-order valence-corrected chi connectivity index (χ1v) is 6.62. The molecule has 0 aliphatic rings.